The van der Waals surface area contributed by atoms with Crippen molar-refractivity contribution >= 4 is 0 Å². The molecule has 0 unspecified atom stereocenters. The van der Waals surface area contributed by atoms with Gasteiger partial charge in [0.15, 0.2) is 0 Å². The fraction of sp³-hybridized carbons (Fsp3) is 0.615. The summed E-state index contributed by atoms with van der Waals surface area (Å²) < 4.78 is 5.56. The number of ether oxygens (including phenoxy) is 1. The SMILES string of the molecule is CC.CCc1ccnc(OCC2CC2)c1. The van der Waals surface area contributed by atoms with Gasteiger partial charge in [-0.1, -0.05) is 20.8 Å². The second-order valence-electron chi connectivity index (χ2n) is 3.61. The molecule has 2 nitrogen and oxygen atoms in total. The smallest absolute Gasteiger partial charge is 0.213 e. The van der Waals surface area contributed by atoms with Gasteiger partial charge in [0.1, 0.15) is 0 Å². The van der Waals surface area contributed by atoms with E-state index in [4.69, 9.17) is 4.74 Å². The predicted molar refractivity (Wildman–Crippen MR) is 63.2 cm³/mol. The topological polar surface area (TPSA) is 22.1 Å². The summed E-state index contributed by atoms with van der Waals surface area (Å²) in [5, 5.41) is 0. The molecule has 1 aromatic heterocycles. The van der Waals surface area contributed by atoms with E-state index in [1.54, 1.807) is 0 Å². The first-order valence-electron chi connectivity index (χ1n) is 5.96. The van der Waals surface area contributed by atoms with Crippen molar-refractivity contribution in [2.45, 2.75) is 40.0 Å². The Labute approximate surface area is 92.7 Å². The van der Waals surface area contributed by atoms with Crippen molar-refractivity contribution in [3.8, 4) is 5.88 Å². The minimum absolute atomic E-state index is 0.784. The van der Waals surface area contributed by atoms with Crippen LogP contribution >= 0.6 is 0 Å². The van der Waals surface area contributed by atoms with E-state index in [-0.39, 0.29) is 0 Å². The Morgan fingerprint density at radius 2 is 2.13 bits per heavy atom. The number of aryl methyl sites for hydroxylation is 1. The molecule has 0 atom stereocenters. The maximum Gasteiger partial charge on any atom is 0.213 e. The molecule has 1 aromatic rings. The first-order chi connectivity index (χ1) is 7.38. The first kappa shape index (κ1) is 12.0. The molecule has 0 amide bonds. The largest absolute Gasteiger partial charge is 0.477 e. The summed E-state index contributed by atoms with van der Waals surface area (Å²) in [6.07, 6.45) is 5.52. The number of aromatic nitrogens is 1. The third kappa shape index (κ3) is 4.32. The lowest BCUT2D eigenvalue weighted by Gasteiger charge is -2.04. The molecule has 2 rings (SSSR count). The van der Waals surface area contributed by atoms with Crippen molar-refractivity contribution < 1.29 is 4.74 Å². The molecule has 0 spiro atoms. The minimum Gasteiger partial charge on any atom is -0.477 e. The Hall–Kier alpha value is -1.05. The molecule has 0 saturated heterocycles. The van der Waals surface area contributed by atoms with Gasteiger partial charge in [0.25, 0.3) is 0 Å². The average molecular weight is 207 g/mol. The van der Waals surface area contributed by atoms with Crippen LogP contribution in [-0.2, 0) is 6.42 Å². The van der Waals surface area contributed by atoms with E-state index in [2.05, 4.69) is 11.9 Å². The molecule has 0 N–H and O–H groups in total. The molecule has 0 bridgehead atoms. The van der Waals surface area contributed by atoms with Gasteiger partial charge in [-0.3, -0.25) is 0 Å². The number of hydrogen-bond acceptors (Lipinski definition) is 2. The highest BCUT2D eigenvalue weighted by Gasteiger charge is 2.21. The molecule has 0 aromatic carbocycles. The summed E-state index contributed by atoms with van der Waals surface area (Å²) in [7, 11) is 0. The van der Waals surface area contributed by atoms with E-state index in [0.717, 1.165) is 24.8 Å². The van der Waals surface area contributed by atoms with Crippen LogP contribution in [-0.4, -0.2) is 11.6 Å². The summed E-state index contributed by atoms with van der Waals surface area (Å²) in [4.78, 5) is 4.16. The zero-order chi connectivity index (χ0) is 11.1. The molecular weight excluding hydrogens is 186 g/mol. The highest BCUT2D eigenvalue weighted by Crippen LogP contribution is 2.29. The van der Waals surface area contributed by atoms with Gasteiger partial charge in [0.05, 0.1) is 6.61 Å². The van der Waals surface area contributed by atoms with E-state index in [1.807, 2.05) is 32.2 Å². The van der Waals surface area contributed by atoms with Crippen LogP contribution in [0, 0.1) is 5.92 Å². The van der Waals surface area contributed by atoms with E-state index < -0.39 is 0 Å². The maximum absolute atomic E-state index is 5.56. The van der Waals surface area contributed by atoms with Gasteiger partial charge in [-0.05, 0) is 36.8 Å². The van der Waals surface area contributed by atoms with E-state index in [1.165, 1.54) is 18.4 Å². The molecular formula is C13H21NO. The number of rotatable bonds is 4. The second-order valence-corrected chi connectivity index (χ2v) is 3.61. The second kappa shape index (κ2) is 6.44. The lowest BCUT2D eigenvalue weighted by molar-refractivity contribution is 0.288. The summed E-state index contributed by atoms with van der Waals surface area (Å²) in [5.74, 6) is 1.58. The van der Waals surface area contributed by atoms with E-state index in [0.29, 0.717) is 0 Å². The molecule has 0 radical (unpaired) electrons. The molecule has 15 heavy (non-hydrogen) atoms. The van der Waals surface area contributed by atoms with E-state index >= 15 is 0 Å². The molecule has 2 heteroatoms. The predicted octanol–water partition coefficient (Wildman–Crippen LogP) is 3.46. The van der Waals surface area contributed by atoms with Crippen LogP contribution in [0.4, 0.5) is 0 Å². The van der Waals surface area contributed by atoms with Gasteiger partial charge in [-0.2, -0.15) is 0 Å². The fourth-order valence-electron chi connectivity index (χ4n) is 1.24. The third-order valence-electron chi connectivity index (χ3n) is 2.37. The molecule has 1 heterocycles. The first-order valence-corrected chi connectivity index (χ1v) is 5.96. The van der Waals surface area contributed by atoms with Crippen molar-refractivity contribution in [1.29, 1.82) is 0 Å². The quantitative estimate of drug-likeness (QED) is 0.754. The zero-order valence-corrected chi connectivity index (χ0v) is 9.99. The van der Waals surface area contributed by atoms with Gasteiger partial charge in [0.2, 0.25) is 5.88 Å². The van der Waals surface area contributed by atoms with Crippen LogP contribution in [0.25, 0.3) is 0 Å². The van der Waals surface area contributed by atoms with Crippen LogP contribution in [0.3, 0.4) is 0 Å². The van der Waals surface area contributed by atoms with E-state index in [9.17, 15) is 0 Å². The van der Waals surface area contributed by atoms with Gasteiger partial charge in [0, 0.05) is 12.3 Å². The summed E-state index contributed by atoms with van der Waals surface area (Å²) in [6, 6.07) is 4.06. The Morgan fingerprint density at radius 1 is 1.40 bits per heavy atom. The Kier molecular flexibility index (Phi) is 5.16. The van der Waals surface area contributed by atoms with Crippen molar-refractivity contribution in [1.82, 2.24) is 4.98 Å². The van der Waals surface area contributed by atoms with Crippen LogP contribution < -0.4 is 4.74 Å². The van der Waals surface area contributed by atoms with Crippen molar-refractivity contribution in [3.05, 3.63) is 23.9 Å². The van der Waals surface area contributed by atoms with Gasteiger partial charge in [-0.15, -0.1) is 0 Å². The lowest BCUT2D eigenvalue weighted by atomic mass is 10.2. The van der Waals surface area contributed by atoms with Crippen molar-refractivity contribution in [2.24, 2.45) is 5.92 Å². The normalized spacial score (nSPS) is 14.1. The molecule has 1 aliphatic rings. The Morgan fingerprint density at radius 3 is 2.73 bits per heavy atom. The van der Waals surface area contributed by atoms with Crippen LogP contribution in [0.1, 0.15) is 39.2 Å². The zero-order valence-electron chi connectivity index (χ0n) is 9.99. The molecule has 0 aliphatic heterocycles. The number of hydrogen-bond donors (Lipinski definition) is 0. The van der Waals surface area contributed by atoms with Crippen molar-refractivity contribution in [2.75, 3.05) is 6.61 Å². The molecule has 1 aliphatic carbocycles. The minimum atomic E-state index is 0.784. The number of pyridine rings is 1. The lowest BCUT2D eigenvalue weighted by Crippen LogP contribution is -2.00. The van der Waals surface area contributed by atoms with Crippen molar-refractivity contribution in [3.63, 3.8) is 0 Å². The Bertz CT molecular complexity index is 282. The summed E-state index contributed by atoms with van der Waals surface area (Å²) in [5.41, 5.74) is 1.29. The summed E-state index contributed by atoms with van der Waals surface area (Å²) in [6.45, 7) is 6.99. The van der Waals surface area contributed by atoms with Crippen LogP contribution in [0.5, 0.6) is 5.88 Å². The van der Waals surface area contributed by atoms with Gasteiger partial charge >= 0.3 is 0 Å². The third-order valence-corrected chi connectivity index (χ3v) is 2.37. The summed E-state index contributed by atoms with van der Waals surface area (Å²) >= 11 is 0. The highest BCUT2D eigenvalue weighted by molar-refractivity contribution is 5.20. The van der Waals surface area contributed by atoms with Crippen LogP contribution in [0.2, 0.25) is 0 Å². The standard InChI is InChI=1S/C11H15NO.C2H6/c1-2-9-5-6-12-11(7-9)13-8-10-3-4-10;1-2/h5-7,10H,2-4,8H2,1H3;1-2H3. The molecule has 1 saturated carbocycles. The highest BCUT2D eigenvalue weighted by atomic mass is 16.5. The number of nitrogens with zero attached hydrogens (tertiary/aromatic N) is 1. The Balaban J connectivity index is 0.000000531. The van der Waals surface area contributed by atoms with Gasteiger partial charge < -0.3 is 4.74 Å². The monoisotopic (exact) mass is 207 g/mol. The fourth-order valence-corrected chi connectivity index (χ4v) is 1.24. The average Bonchev–Trinajstić information content (AvgIpc) is 3.13. The molecule has 1 fully saturated rings. The molecule has 84 valence electrons. The van der Waals surface area contributed by atoms with Gasteiger partial charge in [-0.25, -0.2) is 4.98 Å². The van der Waals surface area contributed by atoms with Crippen LogP contribution in [0.15, 0.2) is 18.3 Å². The maximum atomic E-state index is 5.56.